The highest BCUT2D eigenvalue weighted by Crippen LogP contribution is 2.19. The van der Waals surface area contributed by atoms with Crippen LogP contribution in [0.15, 0.2) is 42.9 Å². The fraction of sp³-hybridized carbons (Fsp3) is 0.444. The highest BCUT2D eigenvalue weighted by molar-refractivity contribution is 5.27. The second kappa shape index (κ2) is 7.36. The first kappa shape index (κ1) is 15.0. The van der Waals surface area contributed by atoms with Gasteiger partial charge in [-0.25, -0.2) is 4.98 Å². The highest BCUT2D eigenvalue weighted by atomic mass is 16.5. The van der Waals surface area contributed by atoms with Crippen molar-refractivity contribution in [3.05, 3.63) is 54.0 Å². The average molecular weight is 297 g/mol. The van der Waals surface area contributed by atoms with E-state index in [1.54, 1.807) is 18.6 Å². The zero-order valence-electron chi connectivity index (χ0n) is 13.1. The van der Waals surface area contributed by atoms with Gasteiger partial charge in [-0.05, 0) is 30.4 Å². The molecule has 0 N–H and O–H groups in total. The van der Waals surface area contributed by atoms with Crippen LogP contribution in [0.25, 0.3) is 0 Å². The molecule has 1 aliphatic rings. The number of benzene rings is 1. The zero-order chi connectivity index (χ0) is 15.2. The van der Waals surface area contributed by atoms with Crippen molar-refractivity contribution in [2.75, 3.05) is 13.1 Å². The molecule has 2 heterocycles. The fourth-order valence-corrected chi connectivity index (χ4v) is 3.00. The SMILES string of the molecule is CCc1ccccc1CN1CCC(Oc2cnccn2)CC1. The third-order valence-corrected chi connectivity index (χ3v) is 4.25. The minimum atomic E-state index is 0.259. The summed E-state index contributed by atoms with van der Waals surface area (Å²) in [6.45, 7) is 5.41. The number of hydrogen-bond donors (Lipinski definition) is 0. The zero-order valence-corrected chi connectivity index (χ0v) is 13.1. The van der Waals surface area contributed by atoms with Crippen molar-refractivity contribution in [2.45, 2.75) is 38.8 Å². The molecular weight excluding hydrogens is 274 g/mol. The van der Waals surface area contributed by atoms with Gasteiger partial charge in [-0.2, -0.15) is 0 Å². The van der Waals surface area contributed by atoms with Gasteiger partial charge >= 0.3 is 0 Å². The van der Waals surface area contributed by atoms with E-state index in [9.17, 15) is 0 Å². The normalized spacial score (nSPS) is 16.6. The molecule has 1 aliphatic heterocycles. The molecule has 0 bridgehead atoms. The third-order valence-electron chi connectivity index (χ3n) is 4.25. The molecule has 0 unspecified atom stereocenters. The van der Waals surface area contributed by atoms with Crippen LogP contribution in [0.4, 0.5) is 0 Å². The molecule has 0 saturated carbocycles. The van der Waals surface area contributed by atoms with E-state index in [-0.39, 0.29) is 6.10 Å². The summed E-state index contributed by atoms with van der Waals surface area (Å²) in [6, 6.07) is 8.75. The molecule has 0 radical (unpaired) electrons. The Morgan fingerprint density at radius 1 is 1.14 bits per heavy atom. The Morgan fingerprint density at radius 2 is 1.91 bits per heavy atom. The van der Waals surface area contributed by atoms with Gasteiger partial charge in [-0.1, -0.05) is 31.2 Å². The number of ether oxygens (including phenoxy) is 1. The molecule has 0 amide bonds. The van der Waals surface area contributed by atoms with Crippen molar-refractivity contribution in [1.29, 1.82) is 0 Å². The van der Waals surface area contributed by atoms with Gasteiger partial charge in [0.2, 0.25) is 5.88 Å². The quantitative estimate of drug-likeness (QED) is 0.850. The summed E-state index contributed by atoms with van der Waals surface area (Å²) in [5.41, 5.74) is 2.92. The van der Waals surface area contributed by atoms with Crippen molar-refractivity contribution < 1.29 is 4.74 Å². The summed E-state index contributed by atoms with van der Waals surface area (Å²) in [5, 5.41) is 0. The van der Waals surface area contributed by atoms with E-state index in [4.69, 9.17) is 4.74 Å². The van der Waals surface area contributed by atoms with Gasteiger partial charge in [-0.3, -0.25) is 9.88 Å². The molecule has 0 atom stereocenters. The number of aromatic nitrogens is 2. The smallest absolute Gasteiger partial charge is 0.232 e. The topological polar surface area (TPSA) is 38.2 Å². The standard InChI is InChI=1S/C18H23N3O/c1-2-15-5-3-4-6-16(15)14-21-11-7-17(8-12-21)22-18-13-19-9-10-20-18/h3-6,9-10,13,17H,2,7-8,11-12,14H2,1H3. The molecule has 1 saturated heterocycles. The summed E-state index contributed by atoms with van der Waals surface area (Å²) < 4.78 is 5.90. The van der Waals surface area contributed by atoms with Crippen LogP contribution in [0.2, 0.25) is 0 Å². The van der Waals surface area contributed by atoms with Gasteiger partial charge in [0.25, 0.3) is 0 Å². The van der Waals surface area contributed by atoms with E-state index in [0.717, 1.165) is 38.9 Å². The number of hydrogen-bond acceptors (Lipinski definition) is 4. The Balaban J connectivity index is 1.51. The lowest BCUT2D eigenvalue weighted by Crippen LogP contribution is -2.38. The number of aryl methyl sites for hydroxylation is 1. The minimum Gasteiger partial charge on any atom is -0.473 e. The molecule has 3 rings (SSSR count). The summed E-state index contributed by atoms with van der Waals surface area (Å²) in [5.74, 6) is 0.636. The average Bonchev–Trinajstić information content (AvgIpc) is 2.58. The summed E-state index contributed by atoms with van der Waals surface area (Å²) in [6.07, 6.45) is 8.48. The minimum absolute atomic E-state index is 0.259. The van der Waals surface area contributed by atoms with Gasteiger partial charge in [0.15, 0.2) is 0 Å². The molecule has 4 heteroatoms. The third kappa shape index (κ3) is 3.83. The molecular formula is C18H23N3O. The van der Waals surface area contributed by atoms with E-state index < -0.39 is 0 Å². The second-order valence-electron chi connectivity index (χ2n) is 5.76. The highest BCUT2D eigenvalue weighted by Gasteiger charge is 2.21. The predicted octanol–water partition coefficient (Wildman–Crippen LogP) is 3.08. The lowest BCUT2D eigenvalue weighted by Gasteiger charge is -2.32. The van der Waals surface area contributed by atoms with Crippen LogP contribution in [0.3, 0.4) is 0 Å². The van der Waals surface area contributed by atoms with Crippen molar-refractivity contribution in [3.8, 4) is 5.88 Å². The lowest BCUT2D eigenvalue weighted by atomic mass is 10.0. The van der Waals surface area contributed by atoms with E-state index in [1.807, 2.05) is 0 Å². The molecule has 0 spiro atoms. The summed E-state index contributed by atoms with van der Waals surface area (Å²) in [7, 11) is 0. The predicted molar refractivity (Wildman–Crippen MR) is 86.8 cm³/mol. The first-order valence-electron chi connectivity index (χ1n) is 8.07. The van der Waals surface area contributed by atoms with Crippen LogP contribution in [0.5, 0.6) is 5.88 Å². The molecule has 1 aromatic carbocycles. The number of rotatable bonds is 5. The van der Waals surface area contributed by atoms with Crippen LogP contribution in [-0.2, 0) is 13.0 Å². The molecule has 4 nitrogen and oxygen atoms in total. The molecule has 1 fully saturated rings. The first-order valence-corrected chi connectivity index (χ1v) is 8.07. The summed E-state index contributed by atoms with van der Waals surface area (Å²) >= 11 is 0. The Labute approximate surface area is 132 Å². The van der Waals surface area contributed by atoms with E-state index in [2.05, 4.69) is 46.1 Å². The molecule has 0 aliphatic carbocycles. The van der Waals surface area contributed by atoms with E-state index in [1.165, 1.54) is 11.1 Å². The largest absolute Gasteiger partial charge is 0.473 e. The van der Waals surface area contributed by atoms with E-state index >= 15 is 0 Å². The van der Waals surface area contributed by atoms with Crippen LogP contribution in [0.1, 0.15) is 30.9 Å². The monoisotopic (exact) mass is 297 g/mol. The Kier molecular flexibility index (Phi) is 5.01. The van der Waals surface area contributed by atoms with Crippen LogP contribution >= 0.6 is 0 Å². The Morgan fingerprint density at radius 3 is 2.59 bits per heavy atom. The number of likely N-dealkylation sites (tertiary alicyclic amines) is 1. The van der Waals surface area contributed by atoms with Crippen molar-refractivity contribution in [3.63, 3.8) is 0 Å². The Bertz CT molecular complexity index is 580. The van der Waals surface area contributed by atoms with Crippen LogP contribution < -0.4 is 4.74 Å². The van der Waals surface area contributed by atoms with Crippen molar-refractivity contribution in [1.82, 2.24) is 14.9 Å². The fourth-order valence-electron chi connectivity index (χ4n) is 3.00. The summed E-state index contributed by atoms with van der Waals surface area (Å²) in [4.78, 5) is 10.7. The molecule has 22 heavy (non-hydrogen) atoms. The second-order valence-corrected chi connectivity index (χ2v) is 5.76. The first-order chi connectivity index (χ1) is 10.8. The molecule has 2 aromatic rings. The maximum Gasteiger partial charge on any atom is 0.232 e. The maximum absolute atomic E-state index is 5.90. The maximum atomic E-state index is 5.90. The Hall–Kier alpha value is -1.94. The van der Waals surface area contributed by atoms with Crippen molar-refractivity contribution in [2.24, 2.45) is 0 Å². The van der Waals surface area contributed by atoms with Gasteiger partial charge in [0.1, 0.15) is 6.10 Å². The van der Waals surface area contributed by atoms with Gasteiger partial charge < -0.3 is 4.74 Å². The molecule has 1 aromatic heterocycles. The van der Waals surface area contributed by atoms with E-state index in [0.29, 0.717) is 5.88 Å². The van der Waals surface area contributed by atoms with Crippen molar-refractivity contribution >= 4 is 0 Å². The van der Waals surface area contributed by atoms with Crippen LogP contribution in [-0.4, -0.2) is 34.1 Å². The van der Waals surface area contributed by atoms with Gasteiger partial charge in [0, 0.05) is 32.0 Å². The molecule has 116 valence electrons. The van der Waals surface area contributed by atoms with Gasteiger partial charge in [-0.15, -0.1) is 0 Å². The lowest BCUT2D eigenvalue weighted by molar-refractivity contribution is 0.0927. The number of nitrogens with zero attached hydrogens (tertiary/aromatic N) is 3. The number of piperidine rings is 1. The van der Waals surface area contributed by atoms with Gasteiger partial charge in [0.05, 0.1) is 6.20 Å². The van der Waals surface area contributed by atoms with Crippen LogP contribution in [0, 0.1) is 0 Å².